The fraction of sp³-hybridized carbons (Fsp3) is 0.250. The fourth-order valence-electron chi connectivity index (χ4n) is 1.54. The van der Waals surface area contributed by atoms with Crippen LogP contribution in [0.15, 0.2) is 30.0 Å². The van der Waals surface area contributed by atoms with Crippen molar-refractivity contribution >= 4 is 23.3 Å². The number of esters is 1. The van der Waals surface area contributed by atoms with E-state index in [1.54, 1.807) is 0 Å². The first-order chi connectivity index (χ1) is 7.69. The van der Waals surface area contributed by atoms with Crippen LogP contribution in [0.25, 0.3) is 0 Å². The molecular weight excluding hydrogens is 226 g/mol. The van der Waals surface area contributed by atoms with Crippen LogP contribution in [0.3, 0.4) is 0 Å². The molecule has 16 heavy (non-hydrogen) atoms. The Morgan fingerprint density at radius 1 is 1.50 bits per heavy atom. The summed E-state index contributed by atoms with van der Waals surface area (Å²) in [6, 6.07) is 5.77. The molecule has 0 spiro atoms. The van der Waals surface area contributed by atoms with Gasteiger partial charge in [0, 0.05) is 16.8 Å². The lowest BCUT2D eigenvalue weighted by atomic mass is 10.1. The lowest BCUT2D eigenvalue weighted by molar-refractivity contribution is -0.134. The van der Waals surface area contributed by atoms with Gasteiger partial charge in [-0.1, -0.05) is 24.6 Å². The van der Waals surface area contributed by atoms with E-state index in [1.165, 1.54) is 6.08 Å². The van der Waals surface area contributed by atoms with Crippen LogP contribution in [-0.2, 0) is 16.0 Å². The molecule has 1 aliphatic rings. The van der Waals surface area contributed by atoms with Crippen molar-refractivity contribution in [2.24, 2.45) is 0 Å². The predicted molar refractivity (Wildman–Crippen MR) is 63.5 cm³/mol. The molecule has 0 unspecified atom stereocenters. The lowest BCUT2D eigenvalue weighted by Crippen LogP contribution is -2.01. The molecule has 0 aliphatic carbocycles. The number of carbonyl (C=O) groups excluding carboxylic acids is 1. The van der Waals surface area contributed by atoms with Gasteiger partial charge in [-0.2, -0.15) is 0 Å². The van der Waals surface area contributed by atoms with Crippen LogP contribution in [0, 0.1) is 0 Å². The molecule has 0 fully saturated rings. The maximum Gasteiger partial charge on any atom is 0.333 e. The van der Waals surface area contributed by atoms with E-state index in [0.717, 1.165) is 28.4 Å². The second-order valence-corrected chi connectivity index (χ2v) is 3.97. The van der Waals surface area contributed by atoms with Gasteiger partial charge in [0.15, 0.2) is 0 Å². The van der Waals surface area contributed by atoms with E-state index in [9.17, 15) is 4.79 Å². The zero-order valence-electron chi connectivity index (χ0n) is 8.92. The van der Waals surface area contributed by atoms with Crippen molar-refractivity contribution in [3.8, 4) is 0 Å². The first kappa shape index (κ1) is 11.0. The van der Waals surface area contributed by atoms with Gasteiger partial charge in [-0.05, 0) is 24.1 Å². The van der Waals surface area contributed by atoms with Crippen LogP contribution >= 0.6 is 11.6 Å². The number of aryl methyl sites for hydroxylation is 1. The zero-order chi connectivity index (χ0) is 11.5. The Morgan fingerprint density at radius 2 is 2.31 bits per heavy atom. The van der Waals surface area contributed by atoms with E-state index in [1.807, 2.05) is 18.2 Å². The van der Waals surface area contributed by atoms with Gasteiger partial charge in [-0.15, -0.1) is 0 Å². The van der Waals surface area contributed by atoms with Crippen LogP contribution in [0.5, 0.6) is 0 Å². The van der Waals surface area contributed by atoms with Crippen molar-refractivity contribution in [3.63, 3.8) is 0 Å². The van der Waals surface area contributed by atoms with Gasteiger partial charge in [0.05, 0.1) is 5.70 Å². The van der Waals surface area contributed by atoms with E-state index in [4.69, 9.17) is 16.3 Å². The minimum absolute atomic E-state index is 0.298. The molecule has 84 valence electrons. The van der Waals surface area contributed by atoms with Crippen LogP contribution in [-0.4, -0.2) is 12.6 Å². The highest BCUT2D eigenvalue weighted by Crippen LogP contribution is 2.22. The van der Waals surface area contributed by atoms with Gasteiger partial charge >= 0.3 is 5.97 Å². The number of hydrogen-bond acceptors (Lipinski definition) is 3. The number of ether oxygens (including phenoxy) is 1. The smallest absolute Gasteiger partial charge is 0.333 e. The number of rotatable bonds is 3. The summed E-state index contributed by atoms with van der Waals surface area (Å²) < 4.78 is 4.79. The normalized spacial score (nSPS) is 14.6. The lowest BCUT2D eigenvalue weighted by Gasteiger charge is -2.08. The Labute approximate surface area is 99.1 Å². The minimum atomic E-state index is -0.307. The quantitative estimate of drug-likeness (QED) is 0.822. The van der Waals surface area contributed by atoms with Gasteiger partial charge in [0.25, 0.3) is 0 Å². The maximum absolute atomic E-state index is 10.8. The van der Waals surface area contributed by atoms with Crippen molar-refractivity contribution in [2.45, 2.75) is 13.3 Å². The Kier molecular flexibility index (Phi) is 3.15. The summed E-state index contributed by atoms with van der Waals surface area (Å²) in [5.74, 6) is -0.307. The molecule has 1 heterocycles. The van der Waals surface area contributed by atoms with Crippen molar-refractivity contribution in [2.75, 3.05) is 11.9 Å². The summed E-state index contributed by atoms with van der Waals surface area (Å²) >= 11 is 6.09. The van der Waals surface area contributed by atoms with Gasteiger partial charge < -0.3 is 10.1 Å². The van der Waals surface area contributed by atoms with Crippen LogP contribution < -0.4 is 5.32 Å². The highest BCUT2D eigenvalue weighted by atomic mass is 35.5. The standard InChI is InChI=1S/C12H12ClNO2/c1-2-8-3-4-9(5-11(8)13)14-10-6-12(15)16-7-10/h3-6,14H,2,7H2,1H3. The summed E-state index contributed by atoms with van der Waals surface area (Å²) in [7, 11) is 0. The largest absolute Gasteiger partial charge is 0.456 e. The summed E-state index contributed by atoms with van der Waals surface area (Å²) in [6.45, 7) is 2.35. The van der Waals surface area contributed by atoms with E-state index in [-0.39, 0.29) is 5.97 Å². The molecule has 0 aromatic heterocycles. The molecule has 0 saturated carbocycles. The van der Waals surface area contributed by atoms with Crippen molar-refractivity contribution in [3.05, 3.63) is 40.6 Å². The predicted octanol–water partition coefficient (Wildman–Crippen LogP) is 2.76. The highest BCUT2D eigenvalue weighted by molar-refractivity contribution is 6.31. The molecule has 0 bridgehead atoms. The first-order valence-corrected chi connectivity index (χ1v) is 5.49. The molecule has 0 saturated heterocycles. The first-order valence-electron chi connectivity index (χ1n) is 5.12. The van der Waals surface area contributed by atoms with Crippen LogP contribution in [0.1, 0.15) is 12.5 Å². The summed E-state index contributed by atoms with van der Waals surface area (Å²) in [5, 5.41) is 3.83. The maximum atomic E-state index is 10.8. The number of cyclic esters (lactones) is 1. The Morgan fingerprint density at radius 3 is 2.88 bits per heavy atom. The highest BCUT2D eigenvalue weighted by Gasteiger charge is 2.12. The number of carbonyl (C=O) groups is 1. The number of nitrogens with one attached hydrogen (secondary N) is 1. The third kappa shape index (κ3) is 2.36. The van der Waals surface area contributed by atoms with Crippen molar-refractivity contribution < 1.29 is 9.53 Å². The summed E-state index contributed by atoms with van der Waals surface area (Å²) in [4.78, 5) is 10.8. The SMILES string of the molecule is CCc1ccc(NC2=CC(=O)OC2)cc1Cl. The number of hydrogen-bond donors (Lipinski definition) is 1. The molecule has 1 aliphatic heterocycles. The van der Waals surface area contributed by atoms with E-state index in [2.05, 4.69) is 12.2 Å². The van der Waals surface area contributed by atoms with Gasteiger partial charge in [0.1, 0.15) is 6.61 Å². The van der Waals surface area contributed by atoms with Crippen LogP contribution in [0.4, 0.5) is 5.69 Å². The number of benzene rings is 1. The molecule has 1 aromatic rings. The minimum Gasteiger partial charge on any atom is -0.456 e. The van der Waals surface area contributed by atoms with Gasteiger partial charge in [-0.3, -0.25) is 0 Å². The molecule has 0 amide bonds. The third-order valence-electron chi connectivity index (χ3n) is 2.40. The van der Waals surface area contributed by atoms with E-state index < -0.39 is 0 Å². The van der Waals surface area contributed by atoms with Gasteiger partial charge in [0.2, 0.25) is 0 Å². The number of halogens is 1. The van der Waals surface area contributed by atoms with Crippen molar-refractivity contribution in [1.29, 1.82) is 0 Å². The second-order valence-electron chi connectivity index (χ2n) is 3.56. The topological polar surface area (TPSA) is 38.3 Å². The Hall–Kier alpha value is -1.48. The van der Waals surface area contributed by atoms with E-state index >= 15 is 0 Å². The molecule has 0 atom stereocenters. The van der Waals surface area contributed by atoms with Gasteiger partial charge in [-0.25, -0.2) is 4.79 Å². The average molecular weight is 238 g/mol. The molecule has 1 aromatic carbocycles. The van der Waals surface area contributed by atoms with Crippen LogP contribution in [0.2, 0.25) is 5.02 Å². The Balaban J connectivity index is 2.13. The zero-order valence-corrected chi connectivity index (χ0v) is 9.67. The number of anilines is 1. The van der Waals surface area contributed by atoms with Crippen molar-refractivity contribution in [1.82, 2.24) is 0 Å². The Bertz CT molecular complexity index is 454. The summed E-state index contributed by atoms with van der Waals surface area (Å²) in [5.41, 5.74) is 2.73. The fourth-order valence-corrected chi connectivity index (χ4v) is 1.86. The van der Waals surface area contributed by atoms with E-state index in [0.29, 0.717) is 6.61 Å². The summed E-state index contributed by atoms with van der Waals surface area (Å²) in [6.07, 6.45) is 2.35. The molecule has 1 N–H and O–H groups in total. The monoisotopic (exact) mass is 237 g/mol. The molecule has 3 nitrogen and oxygen atoms in total. The molecular formula is C12H12ClNO2. The molecule has 2 rings (SSSR count). The molecule has 4 heteroatoms. The molecule has 0 radical (unpaired) electrons. The second kappa shape index (κ2) is 4.58. The third-order valence-corrected chi connectivity index (χ3v) is 2.75. The average Bonchev–Trinajstić information content (AvgIpc) is 2.64.